The van der Waals surface area contributed by atoms with Crippen molar-refractivity contribution in [2.75, 3.05) is 36.5 Å². The second-order valence-corrected chi connectivity index (χ2v) is 9.17. The van der Waals surface area contributed by atoms with E-state index in [1.165, 1.54) is 15.7 Å². The molecule has 1 aliphatic rings. The van der Waals surface area contributed by atoms with E-state index in [2.05, 4.69) is 10.1 Å². The van der Waals surface area contributed by atoms with E-state index < -0.39 is 16.3 Å². The molecule has 0 spiro atoms. The van der Waals surface area contributed by atoms with Gasteiger partial charge in [0.05, 0.1) is 54.1 Å². The minimum absolute atomic E-state index is 0.255. The summed E-state index contributed by atoms with van der Waals surface area (Å²) in [5.74, 6) is 1.25. The van der Waals surface area contributed by atoms with Gasteiger partial charge in [0.25, 0.3) is 0 Å². The topological polar surface area (TPSA) is 98.0 Å². The number of fused-ring (bicyclic) bond motifs is 3. The summed E-state index contributed by atoms with van der Waals surface area (Å²) in [6.45, 7) is 5.77. The predicted octanol–water partition coefficient (Wildman–Crippen LogP) is 3.05. The third-order valence-electron chi connectivity index (χ3n) is 5.41. The van der Waals surface area contributed by atoms with Gasteiger partial charge in [-0.15, -0.1) is 0 Å². The van der Waals surface area contributed by atoms with Crippen molar-refractivity contribution in [3.8, 4) is 16.9 Å². The third-order valence-corrected chi connectivity index (χ3v) is 7.34. The van der Waals surface area contributed by atoms with E-state index >= 15 is 0 Å². The number of anilines is 2. The van der Waals surface area contributed by atoms with Gasteiger partial charge in [-0.2, -0.15) is 8.42 Å². The van der Waals surface area contributed by atoms with Crippen LogP contribution in [0.3, 0.4) is 0 Å². The van der Waals surface area contributed by atoms with Crippen LogP contribution in [0.2, 0.25) is 0 Å². The van der Waals surface area contributed by atoms with Crippen LogP contribution in [0.25, 0.3) is 22.0 Å². The molecule has 3 heterocycles. The molecule has 0 unspecified atom stereocenters. The molecule has 0 saturated heterocycles. The monoisotopic (exact) mass is 432 g/mol. The average molecular weight is 433 g/mol. The Bertz CT molecular complexity index is 1220. The van der Waals surface area contributed by atoms with Crippen molar-refractivity contribution < 1.29 is 22.4 Å². The van der Waals surface area contributed by atoms with E-state index in [1.807, 2.05) is 32.9 Å². The summed E-state index contributed by atoms with van der Waals surface area (Å²) < 4.78 is 45.1. The molecule has 1 aromatic carbocycles. The van der Waals surface area contributed by atoms with Crippen LogP contribution in [-0.4, -0.2) is 52.5 Å². The SMILES string of the molecule is COC[C@@H](C)N1c2c(cnc3cc(-c4c(C)noc4C)c(OC)cc23)N(C)S1(=O)=O. The maximum atomic E-state index is 13.1. The molecule has 3 aromatic rings. The van der Waals surface area contributed by atoms with Crippen molar-refractivity contribution in [1.29, 1.82) is 0 Å². The first kappa shape index (κ1) is 20.4. The van der Waals surface area contributed by atoms with Gasteiger partial charge in [0.1, 0.15) is 11.5 Å². The Morgan fingerprint density at radius 1 is 1.23 bits per heavy atom. The summed E-state index contributed by atoms with van der Waals surface area (Å²) >= 11 is 0. The van der Waals surface area contributed by atoms with Gasteiger partial charge in [0, 0.05) is 25.1 Å². The summed E-state index contributed by atoms with van der Waals surface area (Å²) in [6.07, 6.45) is 1.58. The number of ether oxygens (including phenoxy) is 2. The molecule has 0 bridgehead atoms. The highest BCUT2D eigenvalue weighted by Crippen LogP contribution is 2.47. The first-order valence-electron chi connectivity index (χ1n) is 9.43. The fraction of sp³-hybridized carbons (Fsp3) is 0.400. The summed E-state index contributed by atoms with van der Waals surface area (Å²) in [4.78, 5) is 4.54. The zero-order valence-corrected chi connectivity index (χ0v) is 18.6. The standard InChI is InChI=1S/C20H24N4O5S/c1-11(10-27-5)24-20-14-8-18(28-6)15(19-12(2)22-29-13(19)3)7-16(14)21-9-17(20)23(4)30(24,25)26/h7-9,11H,10H2,1-6H3/t11-/m1/s1. The number of aryl methyl sites for hydroxylation is 2. The van der Waals surface area contributed by atoms with Crippen molar-refractivity contribution in [2.24, 2.45) is 0 Å². The summed E-state index contributed by atoms with van der Waals surface area (Å²) in [5.41, 5.74) is 4.09. The van der Waals surface area contributed by atoms with Crippen molar-refractivity contribution >= 4 is 32.5 Å². The van der Waals surface area contributed by atoms with Gasteiger partial charge in [-0.1, -0.05) is 5.16 Å². The maximum absolute atomic E-state index is 13.1. The number of hydrogen-bond acceptors (Lipinski definition) is 7. The van der Waals surface area contributed by atoms with Crippen LogP contribution < -0.4 is 13.3 Å². The molecule has 1 aliphatic heterocycles. The van der Waals surface area contributed by atoms with Crippen LogP contribution in [0.1, 0.15) is 18.4 Å². The van der Waals surface area contributed by atoms with E-state index in [0.29, 0.717) is 33.8 Å². The highest BCUT2D eigenvalue weighted by atomic mass is 32.2. The molecular weight excluding hydrogens is 408 g/mol. The van der Waals surface area contributed by atoms with Gasteiger partial charge < -0.3 is 14.0 Å². The molecule has 9 nitrogen and oxygen atoms in total. The molecule has 30 heavy (non-hydrogen) atoms. The zero-order chi connectivity index (χ0) is 21.8. The molecule has 4 rings (SSSR count). The Balaban J connectivity index is 2.02. The summed E-state index contributed by atoms with van der Waals surface area (Å²) in [6, 6.07) is 3.30. The van der Waals surface area contributed by atoms with Crippen LogP contribution >= 0.6 is 0 Å². The van der Waals surface area contributed by atoms with Crippen LogP contribution in [0.15, 0.2) is 22.9 Å². The molecule has 0 N–H and O–H groups in total. The number of benzene rings is 1. The third kappa shape index (κ3) is 2.82. The van der Waals surface area contributed by atoms with Crippen LogP contribution in [0.5, 0.6) is 5.75 Å². The molecule has 2 aromatic heterocycles. The zero-order valence-electron chi connectivity index (χ0n) is 17.8. The normalized spacial score (nSPS) is 16.2. The van der Waals surface area contributed by atoms with Gasteiger partial charge in [-0.05, 0) is 32.9 Å². The smallest absolute Gasteiger partial charge is 0.326 e. The number of rotatable bonds is 5. The lowest BCUT2D eigenvalue weighted by Crippen LogP contribution is -2.43. The highest BCUT2D eigenvalue weighted by Gasteiger charge is 2.42. The second-order valence-electron chi connectivity index (χ2n) is 7.34. The molecule has 160 valence electrons. The van der Waals surface area contributed by atoms with Gasteiger partial charge in [-0.25, -0.2) is 4.31 Å². The fourth-order valence-electron chi connectivity index (χ4n) is 4.02. The van der Waals surface area contributed by atoms with Crippen molar-refractivity contribution in [2.45, 2.75) is 26.8 Å². The average Bonchev–Trinajstić information content (AvgIpc) is 3.14. The van der Waals surface area contributed by atoms with E-state index in [0.717, 1.165) is 16.8 Å². The Kier molecular flexibility index (Phi) is 4.86. The molecule has 0 saturated carbocycles. The van der Waals surface area contributed by atoms with Crippen LogP contribution in [0.4, 0.5) is 11.4 Å². The van der Waals surface area contributed by atoms with E-state index in [1.54, 1.807) is 20.4 Å². The summed E-state index contributed by atoms with van der Waals surface area (Å²) in [5, 5.41) is 4.71. The fourth-order valence-corrected chi connectivity index (χ4v) is 5.60. The molecule has 10 heteroatoms. The van der Waals surface area contributed by atoms with Gasteiger partial charge in [0.2, 0.25) is 0 Å². The van der Waals surface area contributed by atoms with E-state index in [9.17, 15) is 8.42 Å². The minimum Gasteiger partial charge on any atom is -0.496 e. The van der Waals surface area contributed by atoms with Crippen LogP contribution in [0, 0.1) is 13.8 Å². The molecule has 0 fully saturated rings. The summed E-state index contributed by atoms with van der Waals surface area (Å²) in [7, 11) is 0.907. The first-order chi connectivity index (χ1) is 14.2. The Morgan fingerprint density at radius 2 is 1.97 bits per heavy atom. The van der Waals surface area contributed by atoms with Gasteiger partial charge in [0.15, 0.2) is 0 Å². The van der Waals surface area contributed by atoms with Gasteiger partial charge in [-0.3, -0.25) is 9.29 Å². The molecular formula is C20H24N4O5S. The lowest BCUT2D eigenvalue weighted by molar-refractivity contribution is 0.186. The Labute approximate surface area is 175 Å². The lowest BCUT2D eigenvalue weighted by Gasteiger charge is -2.26. The van der Waals surface area contributed by atoms with E-state index in [4.69, 9.17) is 14.0 Å². The minimum atomic E-state index is -3.74. The quantitative estimate of drug-likeness (QED) is 0.611. The second kappa shape index (κ2) is 7.13. The largest absolute Gasteiger partial charge is 0.496 e. The molecule has 0 radical (unpaired) electrons. The maximum Gasteiger partial charge on any atom is 0.326 e. The highest BCUT2D eigenvalue weighted by molar-refractivity contribution is 7.94. The predicted molar refractivity (Wildman–Crippen MR) is 114 cm³/mol. The number of aromatic nitrogens is 2. The van der Waals surface area contributed by atoms with Crippen molar-refractivity contribution in [3.63, 3.8) is 0 Å². The first-order valence-corrected chi connectivity index (χ1v) is 10.8. The Morgan fingerprint density at radius 3 is 2.57 bits per heavy atom. The van der Waals surface area contributed by atoms with Crippen LogP contribution in [-0.2, 0) is 14.9 Å². The molecule has 0 aliphatic carbocycles. The molecule has 1 atom stereocenters. The number of pyridine rings is 1. The van der Waals surface area contributed by atoms with Gasteiger partial charge >= 0.3 is 10.2 Å². The van der Waals surface area contributed by atoms with E-state index in [-0.39, 0.29) is 6.61 Å². The Hall–Kier alpha value is -2.85. The molecule has 0 amide bonds. The van der Waals surface area contributed by atoms with Crippen molar-refractivity contribution in [3.05, 3.63) is 29.8 Å². The number of nitrogens with zero attached hydrogens (tertiary/aromatic N) is 4. The number of methoxy groups -OCH3 is 2. The lowest BCUT2D eigenvalue weighted by atomic mass is 10.00. The van der Waals surface area contributed by atoms with Crippen molar-refractivity contribution in [1.82, 2.24) is 10.1 Å². The number of hydrogen-bond donors (Lipinski definition) is 0.